The Kier molecular flexibility index (Phi) is 7.94. The van der Waals surface area contributed by atoms with Gasteiger partial charge in [0.05, 0.1) is 0 Å². The van der Waals surface area contributed by atoms with Gasteiger partial charge in [-0.3, -0.25) is 0 Å². The zero-order chi connectivity index (χ0) is 39.9. The summed E-state index contributed by atoms with van der Waals surface area (Å²) in [4.78, 5) is 2.45. The Labute approximate surface area is 347 Å². The Balaban J connectivity index is 1.07. The first-order chi connectivity index (χ1) is 28.8. The molecule has 0 fully saturated rings. The van der Waals surface area contributed by atoms with Crippen molar-refractivity contribution in [3.63, 3.8) is 0 Å². The molecule has 0 bridgehead atoms. The van der Waals surface area contributed by atoms with E-state index in [2.05, 4.69) is 233 Å². The molecule has 9 aromatic carbocycles. The van der Waals surface area contributed by atoms with Gasteiger partial charge in [0.2, 0.25) is 0 Å². The fourth-order valence-electron chi connectivity index (χ4n) is 10.4. The molecule has 0 N–H and O–H groups in total. The van der Waals surface area contributed by atoms with Gasteiger partial charge in [-0.1, -0.05) is 191 Å². The van der Waals surface area contributed by atoms with Crippen LogP contribution in [0.25, 0.3) is 66.4 Å². The second kappa shape index (κ2) is 13.3. The van der Waals surface area contributed by atoms with E-state index in [0.717, 1.165) is 17.1 Å². The lowest BCUT2D eigenvalue weighted by Crippen LogP contribution is -2.17. The van der Waals surface area contributed by atoms with Gasteiger partial charge < -0.3 is 4.90 Å². The van der Waals surface area contributed by atoms with Crippen LogP contribution < -0.4 is 4.90 Å². The first kappa shape index (κ1) is 35.2. The van der Waals surface area contributed by atoms with Crippen LogP contribution >= 0.6 is 0 Å². The van der Waals surface area contributed by atoms with Crippen molar-refractivity contribution in [2.45, 2.75) is 38.5 Å². The lowest BCUT2D eigenvalue weighted by molar-refractivity contribution is 0.660. The summed E-state index contributed by atoms with van der Waals surface area (Å²) in [7, 11) is 0. The molecule has 0 heterocycles. The molecule has 2 aliphatic carbocycles. The zero-order valence-electron chi connectivity index (χ0n) is 34.0. The van der Waals surface area contributed by atoms with Crippen LogP contribution in [0.15, 0.2) is 200 Å². The van der Waals surface area contributed by atoms with E-state index in [9.17, 15) is 0 Å². The van der Waals surface area contributed by atoms with E-state index in [1.54, 1.807) is 0 Å². The third-order valence-corrected chi connectivity index (χ3v) is 13.2. The molecule has 282 valence electrons. The largest absolute Gasteiger partial charge is 0.310 e. The Morgan fingerprint density at radius 2 is 0.797 bits per heavy atom. The Bertz CT molecular complexity index is 3090. The van der Waals surface area contributed by atoms with Gasteiger partial charge in [0.1, 0.15) is 0 Å². The van der Waals surface area contributed by atoms with Gasteiger partial charge in [-0.25, -0.2) is 0 Å². The molecule has 0 unspecified atom stereocenters. The molecule has 11 rings (SSSR count). The fourth-order valence-corrected chi connectivity index (χ4v) is 10.4. The Morgan fingerprint density at radius 3 is 1.53 bits per heavy atom. The second-order valence-electron chi connectivity index (χ2n) is 17.3. The van der Waals surface area contributed by atoms with Gasteiger partial charge in [0.15, 0.2) is 0 Å². The van der Waals surface area contributed by atoms with Gasteiger partial charge in [0.25, 0.3) is 0 Å². The molecule has 0 atom stereocenters. The molecule has 9 aromatic rings. The average Bonchev–Trinajstić information content (AvgIpc) is 3.66. The predicted molar refractivity (Wildman–Crippen MR) is 250 cm³/mol. The van der Waals surface area contributed by atoms with Crippen molar-refractivity contribution in [3.8, 4) is 55.6 Å². The van der Waals surface area contributed by atoms with Crippen LogP contribution in [0.2, 0.25) is 0 Å². The normalized spacial score (nSPS) is 14.0. The number of nitrogens with zero attached hydrogens (tertiary/aromatic N) is 1. The molecule has 0 radical (unpaired) electrons. The van der Waals surface area contributed by atoms with E-state index in [1.165, 1.54) is 88.7 Å². The predicted octanol–water partition coefficient (Wildman–Crippen LogP) is 15.9. The highest BCUT2D eigenvalue weighted by Crippen LogP contribution is 2.54. The van der Waals surface area contributed by atoms with Crippen LogP contribution in [0.1, 0.15) is 49.9 Å². The summed E-state index contributed by atoms with van der Waals surface area (Å²) in [5.74, 6) is 0. The van der Waals surface area contributed by atoms with Crippen molar-refractivity contribution >= 4 is 27.8 Å². The molecule has 59 heavy (non-hydrogen) atoms. The molecule has 2 aliphatic rings. The molecule has 0 spiro atoms. The molecule has 0 amide bonds. The number of fused-ring (bicyclic) bond motifs is 7. The van der Waals surface area contributed by atoms with Crippen LogP contribution in [0.3, 0.4) is 0 Å². The third-order valence-electron chi connectivity index (χ3n) is 13.2. The molecule has 0 aliphatic heterocycles. The molecule has 0 aromatic heterocycles. The third kappa shape index (κ3) is 5.45. The number of benzene rings is 9. The lowest BCUT2D eigenvalue weighted by Gasteiger charge is -2.29. The van der Waals surface area contributed by atoms with E-state index < -0.39 is 0 Å². The van der Waals surface area contributed by atoms with Gasteiger partial charge in [-0.15, -0.1) is 0 Å². The summed E-state index contributed by atoms with van der Waals surface area (Å²) < 4.78 is 0. The minimum atomic E-state index is -0.116. The van der Waals surface area contributed by atoms with Crippen molar-refractivity contribution in [3.05, 3.63) is 222 Å². The topological polar surface area (TPSA) is 3.24 Å². The van der Waals surface area contributed by atoms with Crippen molar-refractivity contribution in [2.24, 2.45) is 0 Å². The SMILES string of the molecule is CC1(C)c2ccccc2-c2ccc(N(c3ccc(-c4cccc5cccc(-c6ccccc6)c45)cc3)c3cccc(-c4cccc5c4C(C)(C)c4ccccc4-5)c3)cc21. The Morgan fingerprint density at radius 1 is 0.305 bits per heavy atom. The van der Waals surface area contributed by atoms with Gasteiger partial charge in [-0.05, 0) is 125 Å². The molecule has 0 saturated heterocycles. The van der Waals surface area contributed by atoms with E-state index in [4.69, 9.17) is 0 Å². The minimum Gasteiger partial charge on any atom is -0.310 e. The summed E-state index contributed by atoms with van der Waals surface area (Å²) in [6, 6.07) is 74.2. The van der Waals surface area contributed by atoms with Gasteiger partial charge >= 0.3 is 0 Å². The lowest BCUT2D eigenvalue weighted by atomic mass is 9.79. The van der Waals surface area contributed by atoms with Crippen LogP contribution in [0, 0.1) is 0 Å². The van der Waals surface area contributed by atoms with Crippen molar-refractivity contribution in [1.82, 2.24) is 0 Å². The van der Waals surface area contributed by atoms with Crippen LogP contribution in [-0.2, 0) is 10.8 Å². The van der Waals surface area contributed by atoms with E-state index in [1.807, 2.05) is 0 Å². The second-order valence-corrected chi connectivity index (χ2v) is 17.3. The first-order valence-corrected chi connectivity index (χ1v) is 20.8. The Hall–Kier alpha value is -6.96. The summed E-state index contributed by atoms with van der Waals surface area (Å²) >= 11 is 0. The smallest absolute Gasteiger partial charge is 0.0467 e. The summed E-state index contributed by atoms with van der Waals surface area (Å²) in [5.41, 5.74) is 21.5. The maximum absolute atomic E-state index is 2.45. The molecule has 1 heteroatoms. The zero-order valence-corrected chi connectivity index (χ0v) is 34.0. The monoisotopic (exact) mass is 755 g/mol. The van der Waals surface area contributed by atoms with E-state index >= 15 is 0 Å². The van der Waals surface area contributed by atoms with Gasteiger partial charge in [0, 0.05) is 27.9 Å². The number of hydrogen-bond donors (Lipinski definition) is 0. The van der Waals surface area contributed by atoms with Gasteiger partial charge in [-0.2, -0.15) is 0 Å². The quantitative estimate of drug-likeness (QED) is 0.163. The van der Waals surface area contributed by atoms with Crippen LogP contribution in [0.5, 0.6) is 0 Å². The van der Waals surface area contributed by atoms with Crippen LogP contribution in [-0.4, -0.2) is 0 Å². The number of hydrogen-bond acceptors (Lipinski definition) is 1. The maximum atomic E-state index is 2.45. The van der Waals surface area contributed by atoms with Crippen LogP contribution in [0.4, 0.5) is 17.1 Å². The minimum absolute atomic E-state index is 0.114. The fraction of sp³-hybridized carbons (Fsp3) is 0.103. The highest BCUT2D eigenvalue weighted by Gasteiger charge is 2.38. The maximum Gasteiger partial charge on any atom is 0.0467 e. The molecule has 0 saturated carbocycles. The highest BCUT2D eigenvalue weighted by molar-refractivity contribution is 6.06. The van der Waals surface area contributed by atoms with E-state index in [-0.39, 0.29) is 10.8 Å². The van der Waals surface area contributed by atoms with Crippen molar-refractivity contribution in [2.75, 3.05) is 4.90 Å². The van der Waals surface area contributed by atoms with E-state index in [0.29, 0.717) is 0 Å². The van der Waals surface area contributed by atoms with Crippen molar-refractivity contribution < 1.29 is 0 Å². The first-order valence-electron chi connectivity index (χ1n) is 20.8. The molecular weight excluding hydrogens is 711 g/mol. The number of rotatable bonds is 6. The molecule has 1 nitrogen and oxygen atoms in total. The average molecular weight is 756 g/mol. The number of anilines is 3. The standard InChI is InChI=1S/C58H45N/c1-57(2)52-28-10-8-22-48(52)50-35-34-44(37-54(50)57)59(43-21-12-20-41(36-43)47-26-15-27-51-49-23-9-11-29-53(49)58(3,4)56(47)51)42-32-30-39(31-33-42)46-25-14-19-40-18-13-24-45(55(40)46)38-16-6-5-7-17-38/h5-37H,1-4H3. The molecular formula is C58H45N. The highest BCUT2D eigenvalue weighted by atomic mass is 15.1. The summed E-state index contributed by atoms with van der Waals surface area (Å²) in [5, 5.41) is 2.52. The summed E-state index contributed by atoms with van der Waals surface area (Å²) in [6.07, 6.45) is 0. The summed E-state index contributed by atoms with van der Waals surface area (Å²) in [6.45, 7) is 9.49. The van der Waals surface area contributed by atoms with Crippen molar-refractivity contribution in [1.29, 1.82) is 0 Å².